The monoisotopic (exact) mass is 946 g/mol. The van der Waals surface area contributed by atoms with Gasteiger partial charge in [0.1, 0.15) is 24.7 Å². The first-order chi connectivity index (χ1) is 29.2. The summed E-state index contributed by atoms with van der Waals surface area (Å²) in [5.41, 5.74) is -2.29. The molecule has 6 rings (SSSR count). The van der Waals surface area contributed by atoms with E-state index >= 15 is 0 Å². The Morgan fingerprint density at radius 2 is 1.33 bits per heavy atom. The van der Waals surface area contributed by atoms with Crippen molar-refractivity contribution in [1.29, 1.82) is 0 Å². The van der Waals surface area contributed by atoms with Gasteiger partial charge in [-0.1, -0.05) is 102 Å². The number of rotatable bonds is 14. The lowest BCUT2D eigenvalue weighted by Crippen LogP contribution is -2.67. The Morgan fingerprint density at radius 1 is 0.841 bits per heavy atom. The predicted octanol–water partition coefficient (Wildman–Crippen LogP) is 3.50. The number of benzene rings is 2. The molecule has 0 saturated carbocycles. The van der Waals surface area contributed by atoms with Crippen LogP contribution in [0.15, 0.2) is 92.2 Å². The van der Waals surface area contributed by atoms with Crippen LogP contribution in [0.2, 0.25) is 23.2 Å². The fourth-order valence-electron chi connectivity index (χ4n) is 7.89. The highest BCUT2D eigenvalue weighted by molar-refractivity contribution is 8.07. The molecular formula is C42H59N4O13PSSi2. The Hall–Kier alpha value is -3.48. The normalized spacial score (nSPS) is 24.9. The Balaban J connectivity index is 1.34. The van der Waals surface area contributed by atoms with Crippen molar-refractivity contribution in [3.63, 3.8) is 0 Å². The van der Waals surface area contributed by atoms with Gasteiger partial charge in [0.15, 0.2) is 14.6 Å². The van der Waals surface area contributed by atoms with Gasteiger partial charge in [0.25, 0.3) is 19.4 Å². The molecule has 2 aromatic carbocycles. The van der Waals surface area contributed by atoms with Crippen LogP contribution in [0.3, 0.4) is 0 Å². The Bertz CT molecular complexity index is 2520. The van der Waals surface area contributed by atoms with Gasteiger partial charge in [-0.15, -0.1) is 0 Å². The summed E-state index contributed by atoms with van der Waals surface area (Å²) in [5.74, 6) is -2.51. The number of aliphatic hydroxyl groups excluding tert-OH is 1. The van der Waals surface area contributed by atoms with Crippen LogP contribution in [0.4, 0.5) is 0 Å². The third kappa shape index (κ3) is 10.2. The largest absolute Gasteiger partial charge is 0.411 e. The standard InChI is InChI=1S/C42H59N4O13PSSi2/c1-26-23-45(38(50)43-35(26)47)32-21-30(58-62(9,10)40(3,4)5)34(56-32)37(49)57-60(53,61)59-42(52)22-33(46-24-27(2)36(48)44-39(46)51)55-31(42)25-54-63(41(6,7)8,28-17-13-11-14-18-28)29-19-15-12-16-20-29/h11-20,23-24,30-34,37,49,52H,21-22,25H2,1-10H3,(H,53,61)(H,43,47,50)(H,44,48,51)/t30-,31+,32+,33+,34-,37?,42+,60?/m0/s1. The second-order valence-electron chi connectivity index (χ2n) is 18.8. The van der Waals surface area contributed by atoms with Crippen molar-refractivity contribution in [3.05, 3.63) is 126 Å². The van der Waals surface area contributed by atoms with E-state index in [0.29, 0.717) is 0 Å². The molecule has 2 saturated heterocycles. The highest BCUT2D eigenvalue weighted by Gasteiger charge is 2.57. The summed E-state index contributed by atoms with van der Waals surface area (Å²) in [5, 5.41) is 25.3. The number of H-pyrrole nitrogens is 2. The maximum absolute atomic E-state index is 13.2. The zero-order valence-electron chi connectivity index (χ0n) is 37.2. The lowest BCUT2D eigenvalue weighted by molar-refractivity contribution is -0.202. The van der Waals surface area contributed by atoms with E-state index in [0.717, 1.165) is 14.9 Å². The van der Waals surface area contributed by atoms with Crippen molar-refractivity contribution < 1.29 is 42.5 Å². The van der Waals surface area contributed by atoms with E-state index in [2.05, 4.69) is 30.7 Å². The maximum atomic E-state index is 13.2. The first-order valence-electron chi connectivity index (χ1n) is 20.7. The van der Waals surface area contributed by atoms with Crippen LogP contribution in [0.5, 0.6) is 0 Å². The molecule has 0 radical (unpaired) electrons. The summed E-state index contributed by atoms with van der Waals surface area (Å²) in [6.45, 7) is 14.3. The van der Waals surface area contributed by atoms with Crippen molar-refractivity contribution in [2.75, 3.05) is 6.61 Å². The van der Waals surface area contributed by atoms with Gasteiger partial charge in [-0.3, -0.25) is 37.7 Å². The summed E-state index contributed by atoms with van der Waals surface area (Å²) in [7, 11) is -5.87. The van der Waals surface area contributed by atoms with Crippen molar-refractivity contribution in [2.24, 2.45) is 0 Å². The van der Waals surface area contributed by atoms with E-state index in [4.69, 9.17) is 39.2 Å². The maximum Gasteiger partial charge on any atom is 0.330 e. The fourth-order valence-corrected chi connectivity index (χ4v) is 15.5. The average Bonchev–Trinajstić information content (AvgIpc) is 3.73. The SMILES string of the molecule is Cc1cn([C@H]2C[C@H](O[Si](C)(C)C(C)(C)C)[C@@H](C(O)OP(O)(=S)O[C@]3(O)C[C@H](n4cc(C)c(=O)[nH]c4=O)O[C@@H]3CO[Si](c3ccccc3)(c3ccccc3)C(C)(C)C)O2)c(=O)[nH]c1=O. The molecular weight excluding hydrogens is 888 g/mol. The molecule has 2 aliphatic heterocycles. The van der Waals surface area contributed by atoms with E-state index in [1.807, 2.05) is 94.5 Å². The van der Waals surface area contributed by atoms with Crippen molar-refractivity contribution in [3.8, 4) is 0 Å². The molecule has 21 heteroatoms. The summed E-state index contributed by atoms with van der Waals surface area (Å²) < 4.78 is 40.4. The van der Waals surface area contributed by atoms with Crippen molar-refractivity contribution in [2.45, 2.75) is 134 Å². The van der Waals surface area contributed by atoms with Gasteiger partial charge in [-0.25, -0.2) is 9.59 Å². The zero-order valence-corrected chi connectivity index (χ0v) is 40.9. The second kappa shape index (κ2) is 18.1. The van der Waals surface area contributed by atoms with Crippen LogP contribution in [0.25, 0.3) is 0 Å². The van der Waals surface area contributed by atoms with Gasteiger partial charge in [-0.2, -0.15) is 0 Å². The van der Waals surface area contributed by atoms with Crippen molar-refractivity contribution >= 4 is 45.5 Å². The minimum atomic E-state index is -4.72. The Morgan fingerprint density at radius 3 is 1.81 bits per heavy atom. The molecule has 344 valence electrons. The number of nitrogens with one attached hydrogen (secondary N) is 2. The molecule has 8 atom stereocenters. The minimum absolute atomic E-state index is 0.0482. The number of aromatic amines is 2. The van der Waals surface area contributed by atoms with Crippen molar-refractivity contribution in [1.82, 2.24) is 19.1 Å². The number of aliphatic hydroxyl groups is 2. The third-order valence-corrected chi connectivity index (χ3v) is 23.3. The highest BCUT2D eigenvalue weighted by atomic mass is 32.5. The number of ether oxygens (including phenoxy) is 2. The second-order valence-corrected chi connectivity index (χ2v) is 30.6. The molecule has 2 aromatic heterocycles. The Labute approximate surface area is 372 Å². The summed E-state index contributed by atoms with van der Waals surface area (Å²) in [6.07, 6.45) is -5.81. The number of hydrogen-bond acceptors (Lipinski definition) is 13. The van der Waals surface area contributed by atoms with Gasteiger partial charge < -0.3 is 33.4 Å². The third-order valence-electron chi connectivity index (χ3n) is 12.2. The first-order valence-corrected chi connectivity index (χ1v) is 28.1. The summed E-state index contributed by atoms with van der Waals surface area (Å²) in [6, 6.07) is 19.5. The molecule has 0 spiro atoms. The number of nitrogens with zero attached hydrogens (tertiary/aromatic N) is 2. The molecule has 63 heavy (non-hydrogen) atoms. The zero-order chi connectivity index (χ0) is 46.5. The molecule has 17 nitrogen and oxygen atoms in total. The van der Waals surface area contributed by atoms with Crippen LogP contribution < -0.4 is 32.9 Å². The lowest BCUT2D eigenvalue weighted by atomic mass is 10.1. The number of hydrogen-bond donors (Lipinski definition) is 5. The van der Waals surface area contributed by atoms with Crippen LogP contribution in [-0.4, -0.2) is 87.8 Å². The van der Waals surface area contributed by atoms with E-state index in [-0.39, 0.29) is 29.2 Å². The molecule has 2 fully saturated rings. The van der Waals surface area contributed by atoms with E-state index in [1.54, 1.807) is 0 Å². The molecule has 0 amide bonds. The summed E-state index contributed by atoms with van der Waals surface area (Å²) >= 11 is 5.50. The Kier molecular flexibility index (Phi) is 14.0. The van der Waals surface area contributed by atoms with E-state index in [1.165, 1.54) is 30.8 Å². The smallest absolute Gasteiger partial charge is 0.330 e. The first kappa shape index (κ1) is 49.0. The average molecular weight is 947 g/mol. The van der Waals surface area contributed by atoms with E-state index < -0.39 is 100 Å². The molecule has 4 aromatic rings. The lowest BCUT2D eigenvalue weighted by Gasteiger charge is -2.44. The van der Waals surface area contributed by atoms with Crippen LogP contribution in [0.1, 0.15) is 78.0 Å². The fraction of sp³-hybridized carbons (Fsp3) is 0.524. The van der Waals surface area contributed by atoms with Gasteiger partial charge in [-0.05, 0) is 59.2 Å². The number of aryl methyl sites for hydroxylation is 2. The van der Waals surface area contributed by atoms with E-state index in [9.17, 15) is 34.3 Å². The van der Waals surface area contributed by atoms with Gasteiger partial charge in [0, 0.05) is 29.9 Å². The molecule has 2 unspecified atom stereocenters. The quantitative estimate of drug-likeness (QED) is 0.0694. The molecule has 5 N–H and O–H groups in total. The summed E-state index contributed by atoms with van der Waals surface area (Å²) in [4.78, 5) is 67.0. The van der Waals surface area contributed by atoms with Crippen LogP contribution in [-0.2, 0) is 39.2 Å². The minimum Gasteiger partial charge on any atom is -0.411 e. The van der Waals surface area contributed by atoms with Gasteiger partial charge in [0.2, 0.25) is 5.79 Å². The van der Waals surface area contributed by atoms with Gasteiger partial charge in [0.05, 0.1) is 19.1 Å². The molecule has 0 aliphatic carbocycles. The molecule has 4 heterocycles. The van der Waals surface area contributed by atoms with Gasteiger partial charge >= 0.3 is 18.1 Å². The van der Waals surface area contributed by atoms with Crippen LogP contribution in [0, 0.1) is 13.8 Å². The predicted molar refractivity (Wildman–Crippen MR) is 244 cm³/mol. The number of aromatic nitrogens is 4. The van der Waals surface area contributed by atoms with Crippen LogP contribution >= 0.6 is 6.72 Å². The molecule has 0 bridgehead atoms. The highest BCUT2D eigenvalue weighted by Crippen LogP contribution is 2.54. The molecule has 2 aliphatic rings. The topological polar surface area (TPSA) is 226 Å².